The summed E-state index contributed by atoms with van der Waals surface area (Å²) in [5.41, 5.74) is 1.07. The van der Waals surface area contributed by atoms with Crippen LogP contribution in [0.4, 0.5) is 5.82 Å². The molecule has 2 rings (SSSR count). The van der Waals surface area contributed by atoms with Crippen LogP contribution in [-0.2, 0) is 0 Å². The summed E-state index contributed by atoms with van der Waals surface area (Å²) in [4.78, 5) is 9.28. The van der Waals surface area contributed by atoms with E-state index < -0.39 is 0 Å². The molecule has 94 valence electrons. The minimum absolute atomic E-state index is 0.566. The molecule has 1 aromatic heterocycles. The first-order chi connectivity index (χ1) is 8.19. The van der Waals surface area contributed by atoms with Crippen molar-refractivity contribution in [3.63, 3.8) is 0 Å². The fourth-order valence-corrected chi connectivity index (χ4v) is 2.71. The molecule has 1 aliphatic rings. The van der Waals surface area contributed by atoms with E-state index >= 15 is 0 Å². The lowest BCUT2D eigenvalue weighted by molar-refractivity contribution is 0.335. The van der Waals surface area contributed by atoms with E-state index in [0.717, 1.165) is 29.8 Å². The number of hydrogen-bond donors (Lipinski definition) is 1. The van der Waals surface area contributed by atoms with Crippen molar-refractivity contribution in [1.29, 1.82) is 0 Å². The number of rotatable bonds is 3. The van der Waals surface area contributed by atoms with Crippen molar-refractivity contribution in [1.82, 2.24) is 9.97 Å². The molecular weight excluding hydrogens is 210 g/mol. The Hall–Kier alpha value is -1.12. The van der Waals surface area contributed by atoms with E-state index in [2.05, 4.69) is 36.1 Å². The van der Waals surface area contributed by atoms with Crippen LogP contribution in [0.3, 0.4) is 0 Å². The molecule has 1 fully saturated rings. The Balaban J connectivity index is 2.18. The van der Waals surface area contributed by atoms with Gasteiger partial charge in [-0.05, 0) is 32.6 Å². The van der Waals surface area contributed by atoms with Gasteiger partial charge in [-0.3, -0.25) is 0 Å². The Labute approximate surface area is 104 Å². The van der Waals surface area contributed by atoms with Crippen LogP contribution < -0.4 is 5.32 Å². The number of hydrogen-bond acceptors (Lipinski definition) is 3. The van der Waals surface area contributed by atoms with Crippen molar-refractivity contribution in [2.45, 2.75) is 52.4 Å². The average Bonchev–Trinajstić information content (AvgIpc) is 2.28. The Morgan fingerprint density at radius 1 is 1.35 bits per heavy atom. The highest BCUT2D eigenvalue weighted by atomic mass is 15.0. The summed E-state index contributed by atoms with van der Waals surface area (Å²) in [6.07, 6.45) is 5.18. The normalized spacial score (nSPS) is 24.6. The SMILES string of the molecule is CCNc1cc(C)nc(C2CCCC(C)C2)n1. The number of nitrogens with zero attached hydrogens (tertiary/aromatic N) is 2. The predicted molar refractivity (Wildman–Crippen MR) is 71.3 cm³/mol. The maximum atomic E-state index is 4.66. The molecule has 0 amide bonds. The van der Waals surface area contributed by atoms with Crippen LogP contribution >= 0.6 is 0 Å². The highest BCUT2D eigenvalue weighted by molar-refractivity contribution is 5.36. The summed E-state index contributed by atoms with van der Waals surface area (Å²) < 4.78 is 0. The lowest BCUT2D eigenvalue weighted by atomic mass is 9.82. The molecule has 0 bridgehead atoms. The van der Waals surface area contributed by atoms with Crippen molar-refractivity contribution in [3.8, 4) is 0 Å². The van der Waals surface area contributed by atoms with E-state index in [-0.39, 0.29) is 0 Å². The Morgan fingerprint density at radius 2 is 2.18 bits per heavy atom. The van der Waals surface area contributed by atoms with Gasteiger partial charge in [0.2, 0.25) is 0 Å². The zero-order chi connectivity index (χ0) is 12.3. The highest BCUT2D eigenvalue weighted by Gasteiger charge is 2.23. The zero-order valence-corrected chi connectivity index (χ0v) is 11.2. The first-order valence-electron chi connectivity index (χ1n) is 6.78. The summed E-state index contributed by atoms with van der Waals surface area (Å²) in [7, 11) is 0. The number of aromatic nitrogens is 2. The van der Waals surface area contributed by atoms with E-state index in [9.17, 15) is 0 Å². The van der Waals surface area contributed by atoms with E-state index in [1.165, 1.54) is 25.7 Å². The summed E-state index contributed by atoms with van der Waals surface area (Å²) in [5, 5.41) is 3.29. The Morgan fingerprint density at radius 3 is 2.88 bits per heavy atom. The first kappa shape index (κ1) is 12.3. The van der Waals surface area contributed by atoms with Crippen molar-refractivity contribution >= 4 is 5.82 Å². The van der Waals surface area contributed by atoms with Gasteiger partial charge in [0, 0.05) is 24.2 Å². The summed E-state index contributed by atoms with van der Waals surface area (Å²) in [6.45, 7) is 7.40. The minimum atomic E-state index is 0.566. The molecule has 3 nitrogen and oxygen atoms in total. The monoisotopic (exact) mass is 233 g/mol. The second kappa shape index (κ2) is 5.48. The third kappa shape index (κ3) is 3.18. The molecule has 0 saturated heterocycles. The van der Waals surface area contributed by atoms with Crippen molar-refractivity contribution in [2.75, 3.05) is 11.9 Å². The third-order valence-corrected chi connectivity index (χ3v) is 3.53. The van der Waals surface area contributed by atoms with Crippen LogP contribution in [0, 0.1) is 12.8 Å². The fraction of sp³-hybridized carbons (Fsp3) is 0.714. The van der Waals surface area contributed by atoms with Gasteiger partial charge in [0.25, 0.3) is 0 Å². The quantitative estimate of drug-likeness (QED) is 0.868. The molecule has 1 aromatic rings. The molecule has 0 aromatic carbocycles. The smallest absolute Gasteiger partial charge is 0.134 e. The van der Waals surface area contributed by atoms with E-state index in [1.807, 2.05) is 6.07 Å². The lowest BCUT2D eigenvalue weighted by Gasteiger charge is -2.26. The molecule has 0 spiro atoms. The van der Waals surface area contributed by atoms with Gasteiger partial charge in [0.15, 0.2) is 0 Å². The standard InChI is InChI=1S/C14H23N3/c1-4-15-13-9-11(3)16-14(17-13)12-7-5-6-10(2)8-12/h9-10,12H,4-8H2,1-3H3,(H,15,16,17). The molecule has 1 saturated carbocycles. The second-order valence-electron chi connectivity index (χ2n) is 5.25. The Bertz CT molecular complexity index is 376. The van der Waals surface area contributed by atoms with Crippen molar-refractivity contribution < 1.29 is 0 Å². The molecule has 1 aliphatic carbocycles. The number of nitrogens with one attached hydrogen (secondary N) is 1. The van der Waals surface area contributed by atoms with Crippen LogP contribution in [0.15, 0.2) is 6.07 Å². The van der Waals surface area contributed by atoms with Crippen LogP contribution in [0.2, 0.25) is 0 Å². The molecule has 3 heteroatoms. The lowest BCUT2D eigenvalue weighted by Crippen LogP contribution is -2.15. The van der Waals surface area contributed by atoms with Gasteiger partial charge in [-0.2, -0.15) is 0 Å². The maximum Gasteiger partial charge on any atom is 0.134 e. The van der Waals surface area contributed by atoms with Gasteiger partial charge >= 0.3 is 0 Å². The predicted octanol–water partition coefficient (Wildman–Crippen LogP) is 3.51. The van der Waals surface area contributed by atoms with Crippen LogP contribution in [0.5, 0.6) is 0 Å². The van der Waals surface area contributed by atoms with Crippen LogP contribution in [-0.4, -0.2) is 16.5 Å². The van der Waals surface area contributed by atoms with E-state index in [0.29, 0.717) is 5.92 Å². The molecule has 0 aliphatic heterocycles. The average molecular weight is 233 g/mol. The summed E-state index contributed by atoms with van der Waals surface area (Å²) in [5.74, 6) is 3.41. The van der Waals surface area contributed by atoms with Crippen LogP contribution in [0.1, 0.15) is 57.0 Å². The van der Waals surface area contributed by atoms with E-state index in [1.54, 1.807) is 0 Å². The van der Waals surface area contributed by atoms with Gasteiger partial charge in [-0.25, -0.2) is 9.97 Å². The van der Waals surface area contributed by atoms with Gasteiger partial charge in [-0.15, -0.1) is 0 Å². The number of anilines is 1. The summed E-state index contributed by atoms with van der Waals surface area (Å²) >= 11 is 0. The third-order valence-electron chi connectivity index (χ3n) is 3.53. The van der Waals surface area contributed by atoms with E-state index in [4.69, 9.17) is 0 Å². The molecule has 2 unspecified atom stereocenters. The largest absolute Gasteiger partial charge is 0.370 e. The van der Waals surface area contributed by atoms with Gasteiger partial charge in [0.1, 0.15) is 11.6 Å². The molecule has 1 heterocycles. The summed E-state index contributed by atoms with van der Waals surface area (Å²) in [6, 6.07) is 2.03. The molecule has 0 radical (unpaired) electrons. The zero-order valence-electron chi connectivity index (χ0n) is 11.2. The molecular formula is C14H23N3. The molecule has 17 heavy (non-hydrogen) atoms. The molecule has 2 atom stereocenters. The maximum absolute atomic E-state index is 4.66. The van der Waals surface area contributed by atoms with Crippen molar-refractivity contribution in [2.24, 2.45) is 5.92 Å². The number of aryl methyl sites for hydroxylation is 1. The van der Waals surface area contributed by atoms with Gasteiger partial charge in [-0.1, -0.05) is 19.8 Å². The van der Waals surface area contributed by atoms with Crippen LogP contribution in [0.25, 0.3) is 0 Å². The first-order valence-corrected chi connectivity index (χ1v) is 6.78. The van der Waals surface area contributed by atoms with Gasteiger partial charge in [0.05, 0.1) is 0 Å². The molecule has 1 N–H and O–H groups in total. The topological polar surface area (TPSA) is 37.8 Å². The Kier molecular flexibility index (Phi) is 3.97. The highest BCUT2D eigenvalue weighted by Crippen LogP contribution is 2.34. The van der Waals surface area contributed by atoms with Gasteiger partial charge < -0.3 is 5.32 Å². The fourth-order valence-electron chi connectivity index (χ4n) is 2.71. The minimum Gasteiger partial charge on any atom is -0.370 e. The second-order valence-corrected chi connectivity index (χ2v) is 5.25. The van der Waals surface area contributed by atoms with Crippen molar-refractivity contribution in [3.05, 3.63) is 17.6 Å².